The Labute approximate surface area is 126 Å². The van der Waals surface area contributed by atoms with Crippen molar-refractivity contribution in [3.05, 3.63) is 29.8 Å². The number of aliphatic hydroxyl groups is 1. The third-order valence-corrected chi connectivity index (χ3v) is 4.62. The summed E-state index contributed by atoms with van der Waals surface area (Å²) in [5.41, 5.74) is 1.73. The molecule has 2 N–H and O–H groups in total. The second-order valence-corrected chi connectivity index (χ2v) is 6.15. The summed E-state index contributed by atoms with van der Waals surface area (Å²) in [6.07, 6.45) is 6.95. The van der Waals surface area contributed by atoms with Crippen LogP contribution in [0.15, 0.2) is 24.3 Å². The Morgan fingerprint density at radius 2 is 1.86 bits per heavy atom. The van der Waals surface area contributed by atoms with E-state index in [0.717, 1.165) is 30.5 Å². The summed E-state index contributed by atoms with van der Waals surface area (Å²) < 4.78 is 0. The topological polar surface area (TPSA) is 52.6 Å². The van der Waals surface area contributed by atoms with Crippen LogP contribution in [0.25, 0.3) is 0 Å². The number of benzene rings is 1. The van der Waals surface area contributed by atoms with Crippen LogP contribution in [0.1, 0.15) is 56.6 Å². The number of nitrogens with one attached hydrogen (secondary N) is 1. The monoisotopic (exact) mass is 288 g/mol. The molecule has 1 heterocycles. The predicted octanol–water partition coefficient (Wildman–Crippen LogP) is 3.36. The van der Waals surface area contributed by atoms with Crippen molar-refractivity contribution >= 4 is 11.7 Å². The molecule has 4 heteroatoms. The minimum absolute atomic E-state index is 0.0107. The number of nitrogens with zero attached hydrogens (tertiary/aromatic N) is 1. The lowest BCUT2D eigenvalue weighted by Crippen LogP contribution is -2.46. The maximum absolute atomic E-state index is 12.6. The summed E-state index contributed by atoms with van der Waals surface area (Å²) in [6.45, 7) is 0.673. The first-order chi connectivity index (χ1) is 10.3. The molecule has 21 heavy (non-hydrogen) atoms. The molecule has 114 valence electrons. The van der Waals surface area contributed by atoms with Gasteiger partial charge in [0.25, 0.3) is 0 Å². The van der Waals surface area contributed by atoms with Gasteiger partial charge in [0.1, 0.15) is 0 Å². The van der Waals surface area contributed by atoms with E-state index in [1.54, 1.807) is 4.90 Å². The summed E-state index contributed by atoms with van der Waals surface area (Å²) in [5.74, 6) is 0. The van der Waals surface area contributed by atoms with Crippen LogP contribution in [-0.2, 0) is 0 Å². The number of hydrogen-bond acceptors (Lipinski definition) is 2. The van der Waals surface area contributed by atoms with Crippen molar-refractivity contribution < 1.29 is 9.90 Å². The standard InChI is InChI=1S/C17H24N2O2/c20-16-11-6-12-19(15-10-5-4-9-14(15)16)17(21)18-13-7-2-1-3-8-13/h4-5,9-10,13,16,20H,1-3,6-8,11-12H2,(H,18,21). The van der Waals surface area contributed by atoms with Gasteiger partial charge >= 0.3 is 6.03 Å². The van der Waals surface area contributed by atoms with Crippen LogP contribution in [0, 0.1) is 0 Å². The van der Waals surface area contributed by atoms with E-state index in [-0.39, 0.29) is 6.03 Å². The molecule has 1 aliphatic heterocycles. The van der Waals surface area contributed by atoms with Gasteiger partial charge in [-0.05, 0) is 31.7 Å². The van der Waals surface area contributed by atoms with Gasteiger partial charge < -0.3 is 10.4 Å². The first-order valence-electron chi connectivity index (χ1n) is 8.11. The number of hydrogen-bond donors (Lipinski definition) is 2. The molecule has 1 fully saturated rings. The highest BCUT2D eigenvalue weighted by Crippen LogP contribution is 2.32. The lowest BCUT2D eigenvalue weighted by Gasteiger charge is -2.28. The van der Waals surface area contributed by atoms with Crippen molar-refractivity contribution in [3.8, 4) is 0 Å². The number of rotatable bonds is 1. The summed E-state index contributed by atoms with van der Waals surface area (Å²) >= 11 is 0. The molecule has 0 radical (unpaired) electrons. The van der Waals surface area contributed by atoms with Crippen molar-refractivity contribution in [1.29, 1.82) is 0 Å². The molecule has 1 aliphatic carbocycles. The second-order valence-electron chi connectivity index (χ2n) is 6.15. The summed E-state index contributed by atoms with van der Waals surface area (Å²) in [5, 5.41) is 13.4. The number of urea groups is 1. The highest BCUT2D eigenvalue weighted by Gasteiger charge is 2.26. The van der Waals surface area contributed by atoms with Gasteiger partial charge in [-0.2, -0.15) is 0 Å². The molecule has 3 rings (SSSR count). The smallest absolute Gasteiger partial charge is 0.322 e. The number of amides is 2. The third-order valence-electron chi connectivity index (χ3n) is 4.62. The van der Waals surface area contributed by atoms with Crippen LogP contribution in [-0.4, -0.2) is 23.7 Å². The molecule has 1 saturated carbocycles. The van der Waals surface area contributed by atoms with Gasteiger partial charge in [-0.1, -0.05) is 37.5 Å². The minimum atomic E-state index is -0.464. The fraction of sp³-hybridized carbons (Fsp3) is 0.588. The van der Waals surface area contributed by atoms with Gasteiger partial charge in [0.05, 0.1) is 11.8 Å². The number of anilines is 1. The predicted molar refractivity (Wildman–Crippen MR) is 83.4 cm³/mol. The van der Waals surface area contributed by atoms with Gasteiger partial charge in [-0.3, -0.25) is 4.90 Å². The molecule has 4 nitrogen and oxygen atoms in total. The first kappa shape index (κ1) is 14.4. The minimum Gasteiger partial charge on any atom is -0.388 e. The highest BCUT2D eigenvalue weighted by atomic mass is 16.3. The lowest BCUT2D eigenvalue weighted by molar-refractivity contribution is 0.168. The van der Waals surface area contributed by atoms with Gasteiger partial charge in [0, 0.05) is 18.2 Å². The van der Waals surface area contributed by atoms with E-state index in [0.29, 0.717) is 19.0 Å². The normalized spacial score (nSPS) is 23.3. The van der Waals surface area contributed by atoms with Crippen LogP contribution >= 0.6 is 0 Å². The van der Waals surface area contributed by atoms with E-state index in [9.17, 15) is 9.90 Å². The largest absolute Gasteiger partial charge is 0.388 e. The zero-order valence-corrected chi connectivity index (χ0v) is 12.4. The molecule has 0 saturated heterocycles. The van der Waals surface area contributed by atoms with E-state index in [1.165, 1.54) is 19.3 Å². The molecule has 0 aromatic heterocycles. The number of carbonyl (C=O) groups is 1. The fourth-order valence-electron chi connectivity index (χ4n) is 3.44. The third kappa shape index (κ3) is 3.21. The quantitative estimate of drug-likeness (QED) is 0.832. The van der Waals surface area contributed by atoms with Crippen molar-refractivity contribution in [3.63, 3.8) is 0 Å². The second kappa shape index (κ2) is 6.48. The van der Waals surface area contributed by atoms with Gasteiger partial charge in [-0.15, -0.1) is 0 Å². The number of fused-ring (bicyclic) bond motifs is 1. The molecule has 0 bridgehead atoms. The molecule has 0 spiro atoms. The summed E-state index contributed by atoms with van der Waals surface area (Å²) in [7, 11) is 0. The van der Waals surface area contributed by atoms with Crippen LogP contribution in [0.4, 0.5) is 10.5 Å². The molecular weight excluding hydrogens is 264 g/mol. The SMILES string of the molecule is O=C(NC1CCCCC1)N1CCCC(O)c2ccccc21. The average Bonchev–Trinajstić information content (AvgIpc) is 2.68. The zero-order chi connectivity index (χ0) is 14.7. The Hall–Kier alpha value is -1.55. The molecule has 2 aliphatic rings. The first-order valence-corrected chi connectivity index (χ1v) is 8.11. The van der Waals surface area contributed by atoms with E-state index in [2.05, 4.69) is 5.32 Å². The molecule has 1 unspecified atom stereocenters. The van der Waals surface area contributed by atoms with Crippen molar-refractivity contribution in [1.82, 2.24) is 5.32 Å². The van der Waals surface area contributed by atoms with Crippen molar-refractivity contribution in [2.75, 3.05) is 11.4 Å². The van der Waals surface area contributed by atoms with Gasteiger partial charge in [-0.25, -0.2) is 4.79 Å². The summed E-state index contributed by atoms with van der Waals surface area (Å²) in [4.78, 5) is 14.4. The Morgan fingerprint density at radius 1 is 1.10 bits per heavy atom. The Balaban J connectivity index is 1.77. The van der Waals surface area contributed by atoms with Crippen LogP contribution in [0.3, 0.4) is 0 Å². The molecule has 1 aromatic rings. The molecular formula is C17H24N2O2. The van der Waals surface area contributed by atoms with Crippen molar-refractivity contribution in [2.24, 2.45) is 0 Å². The van der Waals surface area contributed by atoms with E-state index < -0.39 is 6.10 Å². The number of carbonyl (C=O) groups excluding carboxylic acids is 1. The maximum atomic E-state index is 12.6. The molecule has 2 amide bonds. The molecule has 1 atom stereocenters. The molecule has 1 aromatic carbocycles. The lowest BCUT2D eigenvalue weighted by atomic mass is 9.96. The van der Waals surface area contributed by atoms with Crippen molar-refractivity contribution in [2.45, 2.75) is 57.1 Å². The van der Waals surface area contributed by atoms with Crippen LogP contribution in [0.5, 0.6) is 0 Å². The van der Waals surface area contributed by atoms with Gasteiger partial charge in [0.2, 0.25) is 0 Å². The van der Waals surface area contributed by atoms with Crippen LogP contribution < -0.4 is 10.2 Å². The summed E-state index contributed by atoms with van der Waals surface area (Å²) in [6, 6.07) is 8.01. The van der Waals surface area contributed by atoms with Crippen LogP contribution in [0.2, 0.25) is 0 Å². The van der Waals surface area contributed by atoms with Gasteiger partial charge in [0.15, 0.2) is 0 Å². The highest BCUT2D eigenvalue weighted by molar-refractivity contribution is 5.93. The maximum Gasteiger partial charge on any atom is 0.322 e. The fourth-order valence-corrected chi connectivity index (χ4v) is 3.44. The van der Waals surface area contributed by atoms with E-state index in [1.807, 2.05) is 24.3 Å². The zero-order valence-electron chi connectivity index (χ0n) is 12.4. The Kier molecular flexibility index (Phi) is 4.44. The number of aliphatic hydroxyl groups excluding tert-OH is 1. The Morgan fingerprint density at radius 3 is 2.67 bits per heavy atom. The van der Waals surface area contributed by atoms with E-state index in [4.69, 9.17) is 0 Å². The average molecular weight is 288 g/mol. The van der Waals surface area contributed by atoms with E-state index >= 15 is 0 Å². The Bertz CT molecular complexity index is 497. The number of para-hydroxylation sites is 1.